The van der Waals surface area contributed by atoms with Gasteiger partial charge in [0, 0.05) is 49.9 Å². The van der Waals surface area contributed by atoms with E-state index in [2.05, 4.69) is 57.1 Å². The molecule has 3 heterocycles. The zero-order valence-corrected chi connectivity index (χ0v) is 20.9. The summed E-state index contributed by atoms with van der Waals surface area (Å²) in [5.74, 6) is 1.30. The van der Waals surface area contributed by atoms with E-state index in [-0.39, 0.29) is 0 Å². The zero-order valence-electron chi connectivity index (χ0n) is 20.1. The zero-order chi connectivity index (χ0) is 24.0. The van der Waals surface area contributed by atoms with Crippen LogP contribution in [-0.2, 0) is 6.61 Å². The molecule has 180 valence electrons. The highest BCUT2D eigenvalue weighted by Gasteiger charge is 2.19. The second-order valence-corrected chi connectivity index (χ2v) is 10.1. The molecule has 0 saturated carbocycles. The maximum atomic E-state index is 9.09. The van der Waals surface area contributed by atoms with Crippen molar-refractivity contribution < 1.29 is 4.74 Å². The molecule has 0 radical (unpaired) electrons. The van der Waals surface area contributed by atoms with E-state index >= 15 is 0 Å². The smallest absolute Gasteiger partial charge is 0.232 e. The van der Waals surface area contributed by atoms with Crippen LogP contribution in [0.25, 0.3) is 0 Å². The van der Waals surface area contributed by atoms with E-state index in [9.17, 15) is 0 Å². The van der Waals surface area contributed by atoms with Gasteiger partial charge in [-0.25, -0.2) is 4.98 Å². The minimum absolute atomic E-state index is 0.446. The normalized spacial score (nSPS) is 16.3. The van der Waals surface area contributed by atoms with E-state index in [4.69, 9.17) is 15.0 Å². The minimum Gasteiger partial charge on any atom is -0.472 e. The van der Waals surface area contributed by atoms with Crippen LogP contribution in [0.15, 0.2) is 64.5 Å². The molecule has 0 bridgehead atoms. The Morgan fingerprint density at radius 3 is 2.49 bits per heavy atom. The molecule has 0 N–H and O–H groups in total. The summed E-state index contributed by atoms with van der Waals surface area (Å²) in [4.78, 5) is 18.4. The van der Waals surface area contributed by atoms with Gasteiger partial charge in [-0.05, 0) is 61.9 Å². The van der Waals surface area contributed by atoms with Gasteiger partial charge >= 0.3 is 0 Å². The van der Waals surface area contributed by atoms with E-state index in [0.29, 0.717) is 24.0 Å². The van der Waals surface area contributed by atoms with E-state index in [1.165, 1.54) is 18.5 Å². The number of benzene rings is 2. The number of likely N-dealkylation sites (N-methyl/N-ethyl adjacent to an activating group) is 1. The number of anilines is 2. The number of nitrogens with zero attached hydrogens (tertiary/aromatic N) is 6. The molecule has 2 fully saturated rings. The van der Waals surface area contributed by atoms with Crippen molar-refractivity contribution in [3.63, 3.8) is 0 Å². The third-order valence-electron chi connectivity index (χ3n) is 6.46. The number of nitriles is 1. The Morgan fingerprint density at radius 1 is 0.971 bits per heavy atom. The van der Waals surface area contributed by atoms with Gasteiger partial charge in [-0.1, -0.05) is 23.9 Å². The summed E-state index contributed by atoms with van der Waals surface area (Å²) in [6.07, 6.45) is 4.37. The SMILES string of the molecule is CN1CCN(c2ncc(Sc3ccc(C#N)cc3)c(OCc3cccc(N4CCCC4)c3)n2)CC1. The van der Waals surface area contributed by atoms with Crippen LogP contribution >= 0.6 is 11.8 Å². The lowest BCUT2D eigenvalue weighted by molar-refractivity contribution is 0.283. The Labute approximate surface area is 211 Å². The van der Waals surface area contributed by atoms with Crippen molar-refractivity contribution in [2.75, 3.05) is 56.1 Å². The van der Waals surface area contributed by atoms with Crippen LogP contribution in [0.1, 0.15) is 24.0 Å². The molecular formula is C27H30N6OS. The summed E-state index contributed by atoms with van der Waals surface area (Å²) in [5.41, 5.74) is 3.03. The molecule has 3 aromatic rings. The van der Waals surface area contributed by atoms with E-state index < -0.39 is 0 Å². The largest absolute Gasteiger partial charge is 0.472 e. The van der Waals surface area contributed by atoms with Crippen molar-refractivity contribution in [3.05, 3.63) is 65.9 Å². The highest BCUT2D eigenvalue weighted by Crippen LogP contribution is 2.35. The molecule has 0 amide bonds. The molecule has 0 spiro atoms. The fraction of sp³-hybridized carbons (Fsp3) is 0.370. The molecule has 2 saturated heterocycles. The summed E-state index contributed by atoms with van der Waals surface area (Å²) in [5, 5.41) is 9.09. The van der Waals surface area contributed by atoms with Crippen molar-refractivity contribution in [1.29, 1.82) is 5.26 Å². The van der Waals surface area contributed by atoms with Crippen LogP contribution in [0, 0.1) is 11.3 Å². The molecule has 5 rings (SSSR count). The van der Waals surface area contributed by atoms with Crippen LogP contribution in [0.5, 0.6) is 5.88 Å². The van der Waals surface area contributed by atoms with Crippen molar-refractivity contribution in [1.82, 2.24) is 14.9 Å². The van der Waals surface area contributed by atoms with Crippen LogP contribution in [0.3, 0.4) is 0 Å². The Balaban J connectivity index is 1.37. The first kappa shape index (κ1) is 23.5. The summed E-state index contributed by atoms with van der Waals surface area (Å²) < 4.78 is 6.33. The average Bonchev–Trinajstić information content (AvgIpc) is 3.45. The van der Waals surface area contributed by atoms with E-state index in [1.54, 1.807) is 11.8 Å². The van der Waals surface area contributed by atoms with Crippen molar-refractivity contribution in [3.8, 4) is 11.9 Å². The third kappa shape index (κ3) is 5.87. The first-order valence-electron chi connectivity index (χ1n) is 12.1. The third-order valence-corrected chi connectivity index (χ3v) is 7.47. The predicted molar refractivity (Wildman–Crippen MR) is 139 cm³/mol. The van der Waals surface area contributed by atoms with Crippen LogP contribution < -0.4 is 14.5 Å². The van der Waals surface area contributed by atoms with Gasteiger partial charge in [-0.3, -0.25) is 0 Å². The molecule has 2 aliphatic heterocycles. The molecule has 7 nitrogen and oxygen atoms in total. The number of piperazine rings is 1. The van der Waals surface area contributed by atoms with Crippen LogP contribution in [0.4, 0.5) is 11.6 Å². The monoisotopic (exact) mass is 486 g/mol. The predicted octanol–water partition coefficient (Wildman–Crippen LogP) is 4.43. The number of rotatable bonds is 7. The lowest BCUT2D eigenvalue weighted by atomic mass is 10.2. The van der Waals surface area contributed by atoms with Gasteiger partial charge in [-0.15, -0.1) is 0 Å². The lowest BCUT2D eigenvalue weighted by Gasteiger charge is -2.32. The highest BCUT2D eigenvalue weighted by molar-refractivity contribution is 7.99. The standard InChI is InChI=1S/C27H30N6OS/c1-31-13-15-33(16-14-31)27-29-19-25(35-24-9-7-21(18-28)8-10-24)26(30-27)34-20-22-5-4-6-23(17-22)32-11-2-3-12-32/h4-10,17,19H,2-3,11-16,20H2,1H3. The first-order valence-corrected chi connectivity index (χ1v) is 12.9. The molecule has 2 aliphatic rings. The van der Waals surface area contributed by atoms with Gasteiger partial charge < -0.3 is 19.4 Å². The van der Waals surface area contributed by atoms with Gasteiger partial charge in [0.1, 0.15) is 6.61 Å². The fourth-order valence-electron chi connectivity index (χ4n) is 4.37. The Bertz CT molecular complexity index is 1180. The molecule has 0 atom stereocenters. The summed E-state index contributed by atoms with van der Waals surface area (Å²) >= 11 is 1.55. The summed E-state index contributed by atoms with van der Waals surface area (Å²) in [6.45, 7) is 6.47. The maximum Gasteiger partial charge on any atom is 0.232 e. The average molecular weight is 487 g/mol. The van der Waals surface area contributed by atoms with Crippen LogP contribution in [-0.4, -0.2) is 61.2 Å². The molecule has 2 aromatic carbocycles. The van der Waals surface area contributed by atoms with Gasteiger partial charge in [0.25, 0.3) is 0 Å². The van der Waals surface area contributed by atoms with Gasteiger partial charge in [0.15, 0.2) is 0 Å². The summed E-state index contributed by atoms with van der Waals surface area (Å²) in [7, 11) is 2.14. The van der Waals surface area contributed by atoms with Gasteiger partial charge in [0.05, 0.1) is 22.7 Å². The fourth-order valence-corrected chi connectivity index (χ4v) is 5.20. The Morgan fingerprint density at radius 2 is 1.74 bits per heavy atom. The van der Waals surface area contributed by atoms with Crippen LogP contribution in [0.2, 0.25) is 0 Å². The first-order chi connectivity index (χ1) is 17.2. The number of hydrogen-bond acceptors (Lipinski definition) is 8. The number of ether oxygens (including phenoxy) is 1. The van der Waals surface area contributed by atoms with E-state index in [0.717, 1.165) is 54.6 Å². The Kier molecular flexibility index (Phi) is 7.36. The second kappa shape index (κ2) is 11.0. The lowest BCUT2D eigenvalue weighted by Crippen LogP contribution is -2.45. The quantitative estimate of drug-likeness (QED) is 0.486. The second-order valence-electron chi connectivity index (χ2n) is 9.02. The molecule has 0 unspecified atom stereocenters. The molecule has 8 heteroatoms. The van der Waals surface area contributed by atoms with Crippen molar-refractivity contribution >= 4 is 23.4 Å². The number of hydrogen-bond donors (Lipinski definition) is 0. The Hall–Kier alpha value is -3.28. The molecular weight excluding hydrogens is 456 g/mol. The number of aromatic nitrogens is 2. The van der Waals surface area contributed by atoms with Gasteiger partial charge in [-0.2, -0.15) is 10.2 Å². The molecule has 0 aliphatic carbocycles. The summed E-state index contributed by atoms with van der Waals surface area (Å²) in [6, 6.07) is 18.3. The topological polar surface area (TPSA) is 68.5 Å². The molecule has 1 aromatic heterocycles. The van der Waals surface area contributed by atoms with Gasteiger partial charge in [0.2, 0.25) is 11.8 Å². The highest BCUT2D eigenvalue weighted by atomic mass is 32.2. The maximum absolute atomic E-state index is 9.09. The van der Waals surface area contributed by atoms with Crippen molar-refractivity contribution in [2.45, 2.75) is 29.2 Å². The molecule has 35 heavy (non-hydrogen) atoms. The minimum atomic E-state index is 0.446. The van der Waals surface area contributed by atoms with Crippen molar-refractivity contribution in [2.24, 2.45) is 0 Å². The van der Waals surface area contributed by atoms with E-state index in [1.807, 2.05) is 30.5 Å².